The number of aromatic nitrogens is 4. The van der Waals surface area contributed by atoms with E-state index >= 15 is 0 Å². The smallest absolute Gasteiger partial charge is 0.264 e. The molecule has 0 saturated carbocycles. The number of rotatable bonds is 6. The average Bonchev–Trinajstić information content (AvgIpc) is 3.35. The van der Waals surface area contributed by atoms with Gasteiger partial charge in [0.05, 0.1) is 16.3 Å². The Kier molecular flexibility index (Phi) is 5.93. The summed E-state index contributed by atoms with van der Waals surface area (Å²) in [5.41, 5.74) is 4.03. The van der Waals surface area contributed by atoms with E-state index in [0.29, 0.717) is 22.6 Å². The predicted molar refractivity (Wildman–Crippen MR) is 125 cm³/mol. The fraction of sp³-hybridized carbons (Fsp3) is 0.130. The summed E-state index contributed by atoms with van der Waals surface area (Å²) in [6.07, 6.45) is 1.47. The van der Waals surface area contributed by atoms with E-state index < -0.39 is 10.0 Å². The van der Waals surface area contributed by atoms with Gasteiger partial charge in [-0.05, 0) is 78.4 Å². The fourth-order valence-corrected chi connectivity index (χ4v) is 4.39. The van der Waals surface area contributed by atoms with Crippen molar-refractivity contribution in [3.8, 4) is 5.69 Å². The molecule has 1 amide bonds. The van der Waals surface area contributed by atoms with Gasteiger partial charge in [-0.15, -0.1) is 5.10 Å². The summed E-state index contributed by atoms with van der Waals surface area (Å²) in [6, 6.07) is 18.5. The second kappa shape index (κ2) is 8.83. The number of sulfonamides is 1. The van der Waals surface area contributed by atoms with Crippen LogP contribution in [0.2, 0.25) is 0 Å². The minimum atomic E-state index is -3.71. The molecule has 1 aromatic heterocycles. The molecule has 1 N–H and O–H groups in total. The number of nitrogens with zero attached hydrogens (tertiary/aromatic N) is 5. The molecule has 0 aliphatic carbocycles. The summed E-state index contributed by atoms with van der Waals surface area (Å²) in [6.45, 7) is 3.78. The predicted octanol–water partition coefficient (Wildman–Crippen LogP) is 3.36. The van der Waals surface area contributed by atoms with Crippen molar-refractivity contribution in [2.45, 2.75) is 18.7 Å². The molecule has 0 saturated heterocycles. The quantitative estimate of drug-likeness (QED) is 0.471. The van der Waals surface area contributed by atoms with Gasteiger partial charge in [0.15, 0.2) is 0 Å². The van der Waals surface area contributed by atoms with Crippen LogP contribution < -0.4 is 9.62 Å². The van der Waals surface area contributed by atoms with Crippen molar-refractivity contribution in [3.63, 3.8) is 0 Å². The number of hydrogen-bond acceptors (Lipinski definition) is 6. The van der Waals surface area contributed by atoms with Crippen LogP contribution in [-0.4, -0.2) is 41.6 Å². The van der Waals surface area contributed by atoms with E-state index in [2.05, 4.69) is 20.8 Å². The van der Waals surface area contributed by atoms with E-state index in [9.17, 15) is 13.2 Å². The highest BCUT2D eigenvalue weighted by molar-refractivity contribution is 7.92. The first kappa shape index (κ1) is 22.2. The first-order valence-electron chi connectivity index (χ1n) is 10.1. The van der Waals surface area contributed by atoms with Crippen molar-refractivity contribution in [3.05, 3.63) is 89.7 Å². The summed E-state index contributed by atoms with van der Waals surface area (Å²) in [5, 5.41) is 14.0. The minimum Gasteiger partial charge on any atom is -0.322 e. The van der Waals surface area contributed by atoms with Crippen molar-refractivity contribution in [2.24, 2.45) is 0 Å². The van der Waals surface area contributed by atoms with Gasteiger partial charge in [0, 0.05) is 18.3 Å². The first-order valence-corrected chi connectivity index (χ1v) is 11.5. The van der Waals surface area contributed by atoms with Gasteiger partial charge >= 0.3 is 0 Å². The Hall–Kier alpha value is -4.05. The molecule has 0 aliphatic heterocycles. The molecule has 3 aromatic carbocycles. The summed E-state index contributed by atoms with van der Waals surface area (Å²) in [5.74, 6) is -0.317. The van der Waals surface area contributed by atoms with Crippen LogP contribution in [0.3, 0.4) is 0 Å². The Bertz CT molecular complexity index is 1380. The highest BCUT2D eigenvalue weighted by Gasteiger charge is 2.21. The molecule has 4 aromatic rings. The van der Waals surface area contributed by atoms with Crippen molar-refractivity contribution in [1.29, 1.82) is 0 Å². The van der Waals surface area contributed by atoms with Gasteiger partial charge in [-0.25, -0.2) is 13.1 Å². The molecule has 9 nitrogen and oxygen atoms in total. The number of carbonyl (C=O) groups is 1. The third kappa shape index (κ3) is 4.60. The average molecular weight is 463 g/mol. The topological polar surface area (TPSA) is 110 Å². The van der Waals surface area contributed by atoms with Crippen molar-refractivity contribution in [2.75, 3.05) is 16.7 Å². The summed E-state index contributed by atoms with van der Waals surface area (Å²) < 4.78 is 28.5. The molecule has 4 rings (SSSR count). The van der Waals surface area contributed by atoms with E-state index in [4.69, 9.17) is 0 Å². The fourth-order valence-electron chi connectivity index (χ4n) is 3.19. The van der Waals surface area contributed by atoms with Crippen LogP contribution in [0.25, 0.3) is 5.69 Å². The van der Waals surface area contributed by atoms with Gasteiger partial charge in [0.2, 0.25) is 0 Å². The number of nitrogens with one attached hydrogen (secondary N) is 1. The Morgan fingerprint density at radius 3 is 2.30 bits per heavy atom. The molecule has 0 aliphatic rings. The van der Waals surface area contributed by atoms with E-state index in [-0.39, 0.29) is 10.8 Å². The first-order chi connectivity index (χ1) is 15.8. The highest BCUT2D eigenvalue weighted by Crippen LogP contribution is 2.24. The Balaban J connectivity index is 1.52. The minimum absolute atomic E-state index is 0.204. The van der Waals surface area contributed by atoms with E-state index in [1.807, 2.05) is 26.0 Å². The third-order valence-electron chi connectivity index (χ3n) is 5.26. The molecule has 0 spiro atoms. The summed E-state index contributed by atoms with van der Waals surface area (Å²) in [7, 11) is -2.22. The van der Waals surface area contributed by atoms with Gasteiger partial charge in [-0.1, -0.05) is 23.8 Å². The standard InChI is InChI=1S/C23H22N6O3S/c1-16-4-12-21(13-5-16)33(31,32)28(3)19-10-7-18(8-11-19)23(30)25-22-14-20(9-6-17(22)2)29-15-24-26-27-29/h4-15H,1-3H3,(H,25,30). The van der Waals surface area contributed by atoms with E-state index in [0.717, 1.165) is 11.1 Å². The Morgan fingerprint density at radius 1 is 0.970 bits per heavy atom. The van der Waals surface area contributed by atoms with Crippen LogP contribution in [0.1, 0.15) is 21.5 Å². The van der Waals surface area contributed by atoms with E-state index in [1.165, 1.54) is 22.4 Å². The number of amides is 1. The number of tetrazole rings is 1. The van der Waals surface area contributed by atoms with Crippen LogP contribution in [0, 0.1) is 13.8 Å². The lowest BCUT2D eigenvalue weighted by molar-refractivity contribution is 0.102. The molecule has 0 unspecified atom stereocenters. The van der Waals surface area contributed by atoms with Crippen LogP contribution in [0.4, 0.5) is 11.4 Å². The molecule has 0 atom stereocenters. The molecule has 10 heteroatoms. The van der Waals surface area contributed by atoms with Gasteiger partial charge in [0.25, 0.3) is 15.9 Å². The third-order valence-corrected chi connectivity index (χ3v) is 7.06. The molecule has 1 heterocycles. The number of benzene rings is 3. The SMILES string of the molecule is Cc1ccc(S(=O)(=O)N(C)c2ccc(C(=O)Nc3cc(-n4cnnn4)ccc3C)cc2)cc1. The maximum absolute atomic E-state index is 12.9. The van der Waals surface area contributed by atoms with Crippen molar-refractivity contribution < 1.29 is 13.2 Å². The molecule has 168 valence electrons. The number of hydrogen-bond donors (Lipinski definition) is 1. The van der Waals surface area contributed by atoms with E-state index in [1.54, 1.807) is 54.6 Å². The van der Waals surface area contributed by atoms with Gasteiger partial charge < -0.3 is 5.32 Å². The molecule has 33 heavy (non-hydrogen) atoms. The normalized spacial score (nSPS) is 11.2. The van der Waals surface area contributed by atoms with Gasteiger partial charge in [-0.3, -0.25) is 9.10 Å². The largest absolute Gasteiger partial charge is 0.322 e. The Morgan fingerprint density at radius 2 is 1.67 bits per heavy atom. The Labute approximate surface area is 191 Å². The molecule has 0 radical (unpaired) electrons. The van der Waals surface area contributed by atoms with Crippen LogP contribution >= 0.6 is 0 Å². The zero-order chi connectivity index (χ0) is 23.6. The van der Waals surface area contributed by atoms with Gasteiger partial charge in [-0.2, -0.15) is 0 Å². The van der Waals surface area contributed by atoms with Crippen molar-refractivity contribution >= 4 is 27.3 Å². The molecular formula is C23H22N6O3S. The lowest BCUT2D eigenvalue weighted by Gasteiger charge is -2.20. The summed E-state index contributed by atoms with van der Waals surface area (Å²) in [4.78, 5) is 13.0. The zero-order valence-corrected chi connectivity index (χ0v) is 19.1. The number of anilines is 2. The second-order valence-corrected chi connectivity index (χ2v) is 9.51. The zero-order valence-electron chi connectivity index (χ0n) is 18.3. The number of aryl methyl sites for hydroxylation is 2. The monoisotopic (exact) mass is 462 g/mol. The van der Waals surface area contributed by atoms with Crippen molar-refractivity contribution in [1.82, 2.24) is 20.2 Å². The maximum Gasteiger partial charge on any atom is 0.264 e. The maximum atomic E-state index is 12.9. The highest BCUT2D eigenvalue weighted by atomic mass is 32.2. The molecule has 0 bridgehead atoms. The van der Waals surface area contributed by atoms with Gasteiger partial charge in [0.1, 0.15) is 6.33 Å². The van der Waals surface area contributed by atoms with Crippen LogP contribution in [0.15, 0.2) is 78.0 Å². The number of carbonyl (C=O) groups excluding carboxylic acids is 1. The second-order valence-electron chi connectivity index (χ2n) is 7.54. The lowest BCUT2D eigenvalue weighted by Crippen LogP contribution is -2.26. The molecule has 0 fully saturated rings. The summed E-state index contributed by atoms with van der Waals surface area (Å²) >= 11 is 0. The van der Waals surface area contributed by atoms with Crippen LogP contribution in [0.5, 0.6) is 0 Å². The lowest BCUT2D eigenvalue weighted by atomic mass is 10.1. The van der Waals surface area contributed by atoms with Crippen LogP contribution in [-0.2, 0) is 10.0 Å². The molecular weight excluding hydrogens is 440 g/mol.